The summed E-state index contributed by atoms with van der Waals surface area (Å²) >= 11 is 0. The molecule has 1 aliphatic heterocycles. The van der Waals surface area contributed by atoms with Gasteiger partial charge in [0.1, 0.15) is 0 Å². The van der Waals surface area contributed by atoms with Gasteiger partial charge in [-0.15, -0.1) is 0 Å². The average molecular weight is 240 g/mol. The first-order valence-electron chi connectivity index (χ1n) is 7.33. The summed E-state index contributed by atoms with van der Waals surface area (Å²) in [5.41, 5.74) is 0. The van der Waals surface area contributed by atoms with Crippen molar-refractivity contribution >= 4 is 0 Å². The molecule has 0 bridgehead atoms. The highest BCUT2D eigenvalue weighted by atomic mass is 16.5. The molecule has 0 aromatic rings. The third kappa shape index (κ3) is 3.67. The van der Waals surface area contributed by atoms with Crippen LogP contribution in [0.2, 0.25) is 0 Å². The van der Waals surface area contributed by atoms with Crippen molar-refractivity contribution in [2.75, 3.05) is 26.7 Å². The molecule has 1 heterocycles. The molecule has 0 aromatic heterocycles. The zero-order valence-corrected chi connectivity index (χ0v) is 11.5. The van der Waals surface area contributed by atoms with E-state index in [1.807, 2.05) is 7.11 Å². The van der Waals surface area contributed by atoms with Crippen molar-refractivity contribution in [2.45, 2.75) is 63.6 Å². The summed E-state index contributed by atoms with van der Waals surface area (Å²) in [6.07, 6.45) is 8.33. The monoisotopic (exact) mass is 240 g/mol. The standard InChI is InChI=1S/C14H28N2O/c1-3-5-12-11-16(9-8-15-12)13-6-4-7-14(10-13)17-2/h12-15H,3-11H2,1-2H3. The molecule has 2 fully saturated rings. The second-order valence-electron chi connectivity index (χ2n) is 5.61. The van der Waals surface area contributed by atoms with Crippen molar-refractivity contribution in [2.24, 2.45) is 0 Å². The zero-order chi connectivity index (χ0) is 12.1. The van der Waals surface area contributed by atoms with Gasteiger partial charge in [0, 0.05) is 38.8 Å². The van der Waals surface area contributed by atoms with Gasteiger partial charge in [0.25, 0.3) is 0 Å². The maximum Gasteiger partial charge on any atom is 0.0586 e. The minimum atomic E-state index is 0.508. The lowest BCUT2D eigenvalue weighted by atomic mass is 9.90. The van der Waals surface area contributed by atoms with Crippen LogP contribution in [0.3, 0.4) is 0 Å². The van der Waals surface area contributed by atoms with Gasteiger partial charge in [0.2, 0.25) is 0 Å². The number of nitrogens with one attached hydrogen (secondary N) is 1. The van der Waals surface area contributed by atoms with E-state index in [2.05, 4.69) is 17.1 Å². The Morgan fingerprint density at radius 1 is 1.35 bits per heavy atom. The highest BCUT2D eigenvalue weighted by Crippen LogP contribution is 2.25. The Morgan fingerprint density at radius 3 is 3.00 bits per heavy atom. The third-order valence-corrected chi connectivity index (χ3v) is 4.37. The molecule has 1 saturated carbocycles. The van der Waals surface area contributed by atoms with Gasteiger partial charge in [-0.05, 0) is 32.1 Å². The molecule has 100 valence electrons. The first-order valence-corrected chi connectivity index (χ1v) is 7.33. The van der Waals surface area contributed by atoms with Gasteiger partial charge in [-0.3, -0.25) is 4.90 Å². The molecule has 0 radical (unpaired) electrons. The second-order valence-corrected chi connectivity index (χ2v) is 5.61. The van der Waals surface area contributed by atoms with Crippen molar-refractivity contribution < 1.29 is 4.74 Å². The summed E-state index contributed by atoms with van der Waals surface area (Å²) in [4.78, 5) is 2.71. The lowest BCUT2D eigenvalue weighted by Crippen LogP contribution is -2.55. The molecule has 0 amide bonds. The van der Waals surface area contributed by atoms with E-state index in [9.17, 15) is 0 Å². The van der Waals surface area contributed by atoms with E-state index in [4.69, 9.17) is 4.74 Å². The van der Waals surface area contributed by atoms with Crippen molar-refractivity contribution in [1.29, 1.82) is 0 Å². The number of piperazine rings is 1. The lowest BCUT2D eigenvalue weighted by molar-refractivity contribution is 0.0192. The first kappa shape index (κ1) is 13.3. The number of hydrogen-bond acceptors (Lipinski definition) is 3. The summed E-state index contributed by atoms with van der Waals surface area (Å²) in [7, 11) is 1.87. The Morgan fingerprint density at radius 2 is 2.24 bits per heavy atom. The number of methoxy groups -OCH3 is 1. The van der Waals surface area contributed by atoms with E-state index in [1.54, 1.807) is 0 Å². The molecular formula is C14H28N2O. The van der Waals surface area contributed by atoms with Crippen LogP contribution in [0.4, 0.5) is 0 Å². The molecule has 3 nitrogen and oxygen atoms in total. The molecule has 1 saturated heterocycles. The predicted octanol–water partition coefficient (Wildman–Crippen LogP) is 2.02. The topological polar surface area (TPSA) is 24.5 Å². The normalized spacial score (nSPS) is 36.0. The minimum Gasteiger partial charge on any atom is -0.381 e. The van der Waals surface area contributed by atoms with E-state index in [1.165, 1.54) is 58.2 Å². The molecule has 3 atom stereocenters. The Hall–Kier alpha value is -0.120. The highest BCUT2D eigenvalue weighted by molar-refractivity contribution is 4.86. The quantitative estimate of drug-likeness (QED) is 0.813. The van der Waals surface area contributed by atoms with Gasteiger partial charge in [0.15, 0.2) is 0 Å². The van der Waals surface area contributed by atoms with Gasteiger partial charge in [-0.1, -0.05) is 13.3 Å². The zero-order valence-electron chi connectivity index (χ0n) is 11.5. The molecule has 1 N–H and O–H groups in total. The fourth-order valence-electron chi connectivity index (χ4n) is 3.39. The van der Waals surface area contributed by atoms with Crippen molar-refractivity contribution in [1.82, 2.24) is 10.2 Å². The molecule has 0 aromatic carbocycles. The van der Waals surface area contributed by atoms with Crippen molar-refractivity contribution in [3.05, 3.63) is 0 Å². The fourth-order valence-corrected chi connectivity index (χ4v) is 3.39. The second kappa shape index (κ2) is 6.72. The molecule has 2 rings (SSSR count). The van der Waals surface area contributed by atoms with Crippen molar-refractivity contribution in [3.63, 3.8) is 0 Å². The van der Waals surface area contributed by atoms with Crippen LogP contribution in [0, 0.1) is 0 Å². The smallest absolute Gasteiger partial charge is 0.0586 e. The van der Waals surface area contributed by atoms with Crippen LogP contribution in [0.25, 0.3) is 0 Å². The molecular weight excluding hydrogens is 212 g/mol. The van der Waals surface area contributed by atoms with Crippen LogP contribution < -0.4 is 5.32 Å². The molecule has 2 aliphatic rings. The summed E-state index contributed by atoms with van der Waals surface area (Å²) < 4.78 is 5.54. The van der Waals surface area contributed by atoms with E-state index in [0.717, 1.165) is 12.1 Å². The number of ether oxygens (including phenoxy) is 1. The van der Waals surface area contributed by atoms with Crippen LogP contribution in [0.15, 0.2) is 0 Å². The number of nitrogens with zero attached hydrogens (tertiary/aromatic N) is 1. The van der Waals surface area contributed by atoms with E-state index in [0.29, 0.717) is 6.10 Å². The van der Waals surface area contributed by atoms with Crippen LogP contribution in [-0.4, -0.2) is 49.8 Å². The Labute approximate surface area is 106 Å². The summed E-state index contributed by atoms with van der Waals surface area (Å²) in [6.45, 7) is 5.91. The van der Waals surface area contributed by atoms with Gasteiger partial charge in [0.05, 0.1) is 6.10 Å². The predicted molar refractivity (Wildman–Crippen MR) is 71.3 cm³/mol. The number of rotatable bonds is 4. The molecule has 3 heteroatoms. The largest absolute Gasteiger partial charge is 0.381 e. The summed E-state index contributed by atoms with van der Waals surface area (Å²) in [6, 6.07) is 1.49. The average Bonchev–Trinajstić information content (AvgIpc) is 2.40. The Balaban J connectivity index is 1.83. The SMILES string of the molecule is CCCC1CN(C2CCCC(OC)C2)CCN1. The molecule has 0 spiro atoms. The summed E-state index contributed by atoms with van der Waals surface area (Å²) in [5, 5.41) is 3.64. The van der Waals surface area contributed by atoms with Gasteiger partial charge < -0.3 is 10.1 Å². The highest BCUT2D eigenvalue weighted by Gasteiger charge is 2.29. The lowest BCUT2D eigenvalue weighted by Gasteiger charge is -2.42. The Kier molecular flexibility index (Phi) is 5.26. The van der Waals surface area contributed by atoms with Gasteiger partial charge >= 0.3 is 0 Å². The van der Waals surface area contributed by atoms with Crippen LogP contribution in [-0.2, 0) is 4.74 Å². The third-order valence-electron chi connectivity index (χ3n) is 4.37. The number of hydrogen-bond donors (Lipinski definition) is 1. The maximum atomic E-state index is 5.54. The van der Waals surface area contributed by atoms with Crippen LogP contribution in [0.1, 0.15) is 45.4 Å². The van der Waals surface area contributed by atoms with Gasteiger partial charge in [-0.2, -0.15) is 0 Å². The molecule has 17 heavy (non-hydrogen) atoms. The van der Waals surface area contributed by atoms with Gasteiger partial charge in [-0.25, -0.2) is 0 Å². The Bertz CT molecular complexity index is 220. The van der Waals surface area contributed by atoms with E-state index >= 15 is 0 Å². The fraction of sp³-hybridized carbons (Fsp3) is 1.00. The summed E-state index contributed by atoms with van der Waals surface area (Å²) in [5.74, 6) is 0. The first-order chi connectivity index (χ1) is 8.33. The van der Waals surface area contributed by atoms with E-state index < -0.39 is 0 Å². The molecule has 1 aliphatic carbocycles. The van der Waals surface area contributed by atoms with Crippen LogP contribution in [0.5, 0.6) is 0 Å². The van der Waals surface area contributed by atoms with E-state index in [-0.39, 0.29) is 0 Å². The molecule has 3 unspecified atom stereocenters. The van der Waals surface area contributed by atoms with Crippen molar-refractivity contribution in [3.8, 4) is 0 Å². The minimum absolute atomic E-state index is 0.508. The van der Waals surface area contributed by atoms with Crippen LogP contribution >= 0.6 is 0 Å². The maximum absolute atomic E-state index is 5.54.